The van der Waals surface area contributed by atoms with E-state index in [2.05, 4.69) is 4.72 Å². The van der Waals surface area contributed by atoms with Crippen LogP contribution in [-0.4, -0.2) is 44.1 Å². The van der Waals surface area contributed by atoms with E-state index in [4.69, 9.17) is 0 Å². The first-order valence-electron chi connectivity index (χ1n) is 9.78. The minimum Gasteiger partial charge on any atom is -0.343 e. The number of sulfonamides is 1. The van der Waals surface area contributed by atoms with Crippen LogP contribution in [0.4, 0.5) is 0 Å². The van der Waals surface area contributed by atoms with Gasteiger partial charge in [0.2, 0.25) is 15.9 Å². The first-order valence-corrected chi connectivity index (χ1v) is 11.4. The molecule has 1 saturated heterocycles. The van der Waals surface area contributed by atoms with Gasteiger partial charge in [-0.1, -0.05) is 45.4 Å². The number of nitrogens with zero attached hydrogens (tertiary/aromatic N) is 1. The predicted molar refractivity (Wildman–Crippen MR) is 97.2 cm³/mol. The van der Waals surface area contributed by atoms with Gasteiger partial charge < -0.3 is 4.90 Å². The Balaban J connectivity index is 1.67. The molecule has 1 aliphatic carbocycles. The zero-order chi connectivity index (χ0) is 17.4. The number of carbonyl (C=O) groups is 1. The molecule has 2 aliphatic rings. The molecule has 0 radical (unpaired) electrons. The first-order chi connectivity index (χ1) is 11.5. The molecule has 24 heavy (non-hydrogen) atoms. The zero-order valence-corrected chi connectivity index (χ0v) is 16.0. The molecule has 1 aliphatic heterocycles. The second kappa shape index (κ2) is 9.76. The maximum absolute atomic E-state index is 12.4. The monoisotopic (exact) mass is 358 g/mol. The van der Waals surface area contributed by atoms with Crippen LogP contribution in [0.2, 0.25) is 0 Å². The molecule has 140 valence electrons. The van der Waals surface area contributed by atoms with Crippen molar-refractivity contribution >= 4 is 15.9 Å². The Morgan fingerprint density at radius 3 is 2.38 bits per heavy atom. The Kier molecular flexibility index (Phi) is 8.01. The molecular weight excluding hydrogens is 324 g/mol. The Morgan fingerprint density at radius 2 is 1.75 bits per heavy atom. The molecular formula is C18H34N2O3S. The van der Waals surface area contributed by atoms with Gasteiger partial charge in [-0.15, -0.1) is 0 Å². The van der Waals surface area contributed by atoms with Crippen molar-refractivity contribution in [1.29, 1.82) is 0 Å². The summed E-state index contributed by atoms with van der Waals surface area (Å²) >= 11 is 0. The number of amides is 1. The highest BCUT2D eigenvalue weighted by Gasteiger charge is 2.26. The van der Waals surface area contributed by atoms with Crippen molar-refractivity contribution < 1.29 is 13.2 Å². The highest BCUT2D eigenvalue weighted by molar-refractivity contribution is 7.89. The molecule has 1 amide bonds. The van der Waals surface area contributed by atoms with E-state index >= 15 is 0 Å². The van der Waals surface area contributed by atoms with Crippen LogP contribution in [0.15, 0.2) is 0 Å². The molecule has 0 bridgehead atoms. The van der Waals surface area contributed by atoms with Crippen LogP contribution in [-0.2, 0) is 14.8 Å². The normalized spacial score (nSPS) is 21.1. The van der Waals surface area contributed by atoms with E-state index in [9.17, 15) is 13.2 Å². The van der Waals surface area contributed by atoms with E-state index in [0.29, 0.717) is 25.9 Å². The topological polar surface area (TPSA) is 66.5 Å². The van der Waals surface area contributed by atoms with E-state index in [1.807, 2.05) is 11.8 Å². The van der Waals surface area contributed by atoms with E-state index in [1.165, 1.54) is 32.1 Å². The van der Waals surface area contributed by atoms with Crippen LogP contribution in [0.25, 0.3) is 0 Å². The number of rotatable bonds is 8. The number of nitrogens with one attached hydrogen (secondary N) is 1. The first kappa shape index (κ1) is 19.7. The summed E-state index contributed by atoms with van der Waals surface area (Å²) in [6, 6.07) is -0.00532. The van der Waals surface area contributed by atoms with Crippen molar-refractivity contribution in [2.24, 2.45) is 5.92 Å². The van der Waals surface area contributed by atoms with Crippen molar-refractivity contribution in [2.75, 3.05) is 18.8 Å². The van der Waals surface area contributed by atoms with Crippen LogP contribution in [0.1, 0.15) is 77.6 Å². The molecule has 0 aromatic carbocycles. The molecule has 1 heterocycles. The SMILES string of the molecule is CCCCS(=O)(=O)NC1CCN(C(=O)CCC2CCCCC2)CC1. The maximum atomic E-state index is 12.4. The summed E-state index contributed by atoms with van der Waals surface area (Å²) in [6.45, 7) is 3.36. The van der Waals surface area contributed by atoms with Gasteiger partial charge in [0.05, 0.1) is 5.75 Å². The lowest BCUT2D eigenvalue weighted by Crippen LogP contribution is -2.47. The van der Waals surface area contributed by atoms with Gasteiger partial charge in [0.1, 0.15) is 0 Å². The summed E-state index contributed by atoms with van der Waals surface area (Å²) in [5.74, 6) is 1.21. The van der Waals surface area contributed by atoms with Gasteiger partial charge in [0, 0.05) is 25.6 Å². The van der Waals surface area contributed by atoms with Crippen LogP contribution in [0.5, 0.6) is 0 Å². The molecule has 0 unspecified atom stereocenters. The molecule has 5 nitrogen and oxygen atoms in total. The van der Waals surface area contributed by atoms with Crippen LogP contribution < -0.4 is 4.72 Å². The van der Waals surface area contributed by atoms with Gasteiger partial charge in [-0.25, -0.2) is 13.1 Å². The van der Waals surface area contributed by atoms with Crippen molar-refractivity contribution in [3.05, 3.63) is 0 Å². The number of unbranched alkanes of at least 4 members (excludes halogenated alkanes) is 1. The lowest BCUT2D eigenvalue weighted by Gasteiger charge is -2.33. The Bertz CT molecular complexity index is 478. The standard InChI is InChI=1S/C18H34N2O3S/c1-2-3-15-24(22,23)19-17-11-13-20(14-12-17)18(21)10-9-16-7-5-4-6-8-16/h16-17,19H,2-15H2,1H3. The molecule has 0 atom stereocenters. The Morgan fingerprint density at radius 1 is 1.08 bits per heavy atom. The second-order valence-electron chi connectivity index (χ2n) is 7.49. The van der Waals surface area contributed by atoms with Gasteiger partial charge in [0.25, 0.3) is 0 Å². The molecule has 1 saturated carbocycles. The molecule has 1 N–H and O–H groups in total. The van der Waals surface area contributed by atoms with Gasteiger partial charge in [-0.2, -0.15) is 0 Å². The lowest BCUT2D eigenvalue weighted by molar-refractivity contribution is -0.132. The smallest absolute Gasteiger partial charge is 0.222 e. The fourth-order valence-corrected chi connectivity index (χ4v) is 5.39. The van der Waals surface area contributed by atoms with E-state index in [0.717, 1.165) is 31.6 Å². The molecule has 6 heteroatoms. The van der Waals surface area contributed by atoms with Crippen LogP contribution in [0.3, 0.4) is 0 Å². The van der Waals surface area contributed by atoms with E-state index < -0.39 is 10.0 Å². The molecule has 2 fully saturated rings. The Hall–Kier alpha value is -0.620. The van der Waals surface area contributed by atoms with Crippen molar-refractivity contribution in [3.8, 4) is 0 Å². The summed E-state index contributed by atoms with van der Waals surface area (Å²) in [7, 11) is -3.16. The van der Waals surface area contributed by atoms with Crippen LogP contribution >= 0.6 is 0 Å². The van der Waals surface area contributed by atoms with Gasteiger partial charge in [-0.3, -0.25) is 4.79 Å². The van der Waals surface area contributed by atoms with Gasteiger partial charge in [-0.05, 0) is 31.6 Å². The summed E-state index contributed by atoms with van der Waals surface area (Å²) in [6.07, 6.45) is 11.3. The Labute approximate surface area is 147 Å². The molecule has 0 aromatic heterocycles. The van der Waals surface area contributed by atoms with Gasteiger partial charge in [0.15, 0.2) is 0 Å². The van der Waals surface area contributed by atoms with Crippen molar-refractivity contribution in [3.63, 3.8) is 0 Å². The molecule has 0 aromatic rings. The van der Waals surface area contributed by atoms with E-state index in [1.54, 1.807) is 0 Å². The maximum Gasteiger partial charge on any atom is 0.222 e. The van der Waals surface area contributed by atoms with E-state index in [-0.39, 0.29) is 17.7 Å². The fourth-order valence-electron chi connectivity index (χ4n) is 3.86. The number of carbonyl (C=O) groups excluding carboxylic acids is 1. The lowest BCUT2D eigenvalue weighted by atomic mass is 9.86. The minimum absolute atomic E-state index is 0.00532. The predicted octanol–water partition coefficient (Wildman–Crippen LogP) is 3.06. The third kappa shape index (κ3) is 6.71. The number of hydrogen-bond donors (Lipinski definition) is 1. The summed E-state index contributed by atoms with van der Waals surface area (Å²) in [5.41, 5.74) is 0. The second-order valence-corrected chi connectivity index (χ2v) is 9.36. The highest BCUT2D eigenvalue weighted by Crippen LogP contribution is 2.27. The quantitative estimate of drug-likeness (QED) is 0.725. The highest BCUT2D eigenvalue weighted by atomic mass is 32.2. The fraction of sp³-hybridized carbons (Fsp3) is 0.944. The number of likely N-dealkylation sites (tertiary alicyclic amines) is 1. The average Bonchev–Trinajstić information content (AvgIpc) is 2.59. The molecule has 0 spiro atoms. The summed E-state index contributed by atoms with van der Waals surface area (Å²) < 4.78 is 26.7. The third-order valence-electron chi connectivity index (χ3n) is 5.45. The third-order valence-corrected chi connectivity index (χ3v) is 6.97. The minimum atomic E-state index is -3.16. The summed E-state index contributed by atoms with van der Waals surface area (Å²) in [5, 5.41) is 0. The average molecular weight is 359 g/mol. The summed E-state index contributed by atoms with van der Waals surface area (Å²) in [4.78, 5) is 14.3. The van der Waals surface area contributed by atoms with Crippen LogP contribution in [0, 0.1) is 5.92 Å². The largest absolute Gasteiger partial charge is 0.343 e. The van der Waals surface area contributed by atoms with Crippen molar-refractivity contribution in [1.82, 2.24) is 9.62 Å². The van der Waals surface area contributed by atoms with Gasteiger partial charge >= 0.3 is 0 Å². The number of piperidine rings is 1. The number of hydrogen-bond acceptors (Lipinski definition) is 3. The molecule has 2 rings (SSSR count). The zero-order valence-electron chi connectivity index (χ0n) is 15.1. The van der Waals surface area contributed by atoms with Crippen molar-refractivity contribution in [2.45, 2.75) is 83.6 Å².